The molecule has 30 heavy (non-hydrogen) atoms. The highest BCUT2D eigenvalue weighted by Gasteiger charge is 2.12. The Morgan fingerprint density at radius 1 is 0.933 bits per heavy atom. The molecule has 1 N–H and O–H groups in total. The topological polar surface area (TPSA) is 77.0 Å². The first kappa shape index (κ1) is 21.7. The van der Waals surface area contributed by atoms with Crippen molar-refractivity contribution in [3.05, 3.63) is 92.4 Å². The van der Waals surface area contributed by atoms with Gasteiger partial charge in [0.2, 0.25) is 0 Å². The lowest BCUT2D eigenvalue weighted by atomic mass is 10.2. The molecule has 0 aromatic heterocycles. The van der Waals surface area contributed by atoms with Crippen LogP contribution in [0.2, 0.25) is 0 Å². The minimum atomic E-state index is -0.521. The van der Waals surface area contributed by atoms with E-state index < -0.39 is 5.97 Å². The number of methoxy groups -OCH3 is 1. The lowest BCUT2D eigenvalue weighted by molar-refractivity contribution is 0.0734. The second-order valence-electron chi connectivity index (χ2n) is 6.01. The smallest absolute Gasteiger partial charge is 0.343 e. The highest BCUT2D eigenvalue weighted by atomic mass is 79.9. The molecule has 0 fully saturated rings. The maximum absolute atomic E-state index is 12.5. The van der Waals surface area contributed by atoms with Crippen LogP contribution in [0.25, 0.3) is 0 Å². The van der Waals surface area contributed by atoms with E-state index in [2.05, 4.69) is 42.4 Å². The van der Waals surface area contributed by atoms with Gasteiger partial charge in [-0.1, -0.05) is 37.9 Å². The highest BCUT2D eigenvalue weighted by molar-refractivity contribution is 9.10. The molecule has 3 rings (SSSR count). The largest absolute Gasteiger partial charge is 0.497 e. The normalized spacial score (nSPS) is 10.6. The van der Waals surface area contributed by atoms with Gasteiger partial charge in [0.25, 0.3) is 5.91 Å². The molecule has 0 saturated carbocycles. The molecule has 0 aliphatic heterocycles. The van der Waals surface area contributed by atoms with Crippen LogP contribution in [0.3, 0.4) is 0 Å². The Balaban J connectivity index is 1.73. The molecule has 0 radical (unpaired) electrons. The minimum Gasteiger partial charge on any atom is -0.497 e. The maximum atomic E-state index is 12.5. The Kier molecular flexibility index (Phi) is 7.37. The zero-order valence-corrected chi connectivity index (χ0v) is 18.9. The van der Waals surface area contributed by atoms with Crippen LogP contribution in [0.1, 0.15) is 26.3 Å². The van der Waals surface area contributed by atoms with Crippen molar-refractivity contribution in [1.82, 2.24) is 5.43 Å². The fraction of sp³-hybridized carbons (Fsp3) is 0.0455. The standard InChI is InChI=1S/C22H16Br2N2O4/c1-29-19-8-5-14(6-9-19)22(28)30-20-10-7-18(24)12-16(20)13-25-26-21(27)15-3-2-4-17(23)11-15/h2-13H,1H3,(H,26,27). The lowest BCUT2D eigenvalue weighted by Crippen LogP contribution is -2.17. The number of nitrogens with one attached hydrogen (secondary N) is 1. The third-order valence-corrected chi connectivity index (χ3v) is 4.94. The molecule has 0 aliphatic rings. The second-order valence-corrected chi connectivity index (χ2v) is 7.84. The van der Waals surface area contributed by atoms with Gasteiger partial charge < -0.3 is 9.47 Å². The van der Waals surface area contributed by atoms with Crippen LogP contribution in [0.5, 0.6) is 11.5 Å². The van der Waals surface area contributed by atoms with E-state index in [0.717, 1.165) is 8.95 Å². The van der Waals surface area contributed by atoms with E-state index in [-0.39, 0.29) is 5.91 Å². The fourth-order valence-electron chi connectivity index (χ4n) is 2.45. The Morgan fingerprint density at radius 3 is 2.37 bits per heavy atom. The average Bonchev–Trinajstić information content (AvgIpc) is 2.75. The average molecular weight is 532 g/mol. The minimum absolute atomic E-state index is 0.305. The van der Waals surface area contributed by atoms with Crippen LogP contribution in [-0.2, 0) is 0 Å². The SMILES string of the molecule is COc1ccc(C(=O)Oc2ccc(Br)cc2C=NNC(=O)c2cccc(Br)c2)cc1. The zero-order valence-electron chi connectivity index (χ0n) is 15.8. The molecule has 3 aromatic rings. The number of benzene rings is 3. The molecule has 0 atom stereocenters. The van der Waals surface area contributed by atoms with Crippen LogP contribution in [-0.4, -0.2) is 25.2 Å². The maximum Gasteiger partial charge on any atom is 0.343 e. The van der Waals surface area contributed by atoms with Crippen LogP contribution < -0.4 is 14.9 Å². The van der Waals surface area contributed by atoms with Crippen molar-refractivity contribution < 1.29 is 19.1 Å². The number of ether oxygens (including phenoxy) is 2. The summed E-state index contributed by atoms with van der Waals surface area (Å²) in [6.45, 7) is 0. The van der Waals surface area contributed by atoms with E-state index in [1.54, 1.807) is 67.8 Å². The van der Waals surface area contributed by atoms with Crippen molar-refractivity contribution in [2.45, 2.75) is 0 Å². The summed E-state index contributed by atoms with van der Waals surface area (Å²) in [6.07, 6.45) is 1.41. The van der Waals surface area contributed by atoms with E-state index in [9.17, 15) is 9.59 Å². The first-order valence-electron chi connectivity index (χ1n) is 8.71. The van der Waals surface area contributed by atoms with Gasteiger partial charge in [-0.25, -0.2) is 10.2 Å². The molecule has 0 saturated heterocycles. The highest BCUT2D eigenvalue weighted by Crippen LogP contribution is 2.23. The van der Waals surface area contributed by atoms with Crippen LogP contribution in [0, 0.1) is 0 Å². The number of hydrazone groups is 1. The van der Waals surface area contributed by atoms with Gasteiger partial charge >= 0.3 is 5.97 Å². The van der Waals surface area contributed by atoms with Gasteiger partial charge in [0.15, 0.2) is 0 Å². The van der Waals surface area contributed by atoms with Crippen molar-refractivity contribution >= 4 is 50.0 Å². The first-order chi connectivity index (χ1) is 14.5. The molecule has 8 heteroatoms. The fourth-order valence-corrected chi connectivity index (χ4v) is 3.23. The Bertz CT molecular complexity index is 1100. The predicted molar refractivity (Wildman–Crippen MR) is 121 cm³/mol. The van der Waals surface area contributed by atoms with Crippen molar-refractivity contribution in [3.63, 3.8) is 0 Å². The summed E-state index contributed by atoms with van der Waals surface area (Å²) in [4.78, 5) is 24.7. The Labute approximate surface area is 190 Å². The Hall–Kier alpha value is -2.97. The Morgan fingerprint density at radius 2 is 1.67 bits per heavy atom. The number of amides is 1. The summed E-state index contributed by atoms with van der Waals surface area (Å²) in [6, 6.07) is 18.7. The van der Waals surface area contributed by atoms with E-state index in [1.165, 1.54) is 6.21 Å². The van der Waals surface area contributed by atoms with Crippen molar-refractivity contribution in [3.8, 4) is 11.5 Å². The summed E-state index contributed by atoms with van der Waals surface area (Å²) in [5, 5.41) is 3.98. The molecule has 3 aromatic carbocycles. The van der Waals surface area contributed by atoms with Crippen molar-refractivity contribution in [1.29, 1.82) is 0 Å². The van der Waals surface area contributed by atoms with Gasteiger partial charge in [0.05, 0.1) is 18.9 Å². The van der Waals surface area contributed by atoms with Gasteiger partial charge in [-0.2, -0.15) is 5.10 Å². The molecular weight excluding hydrogens is 516 g/mol. The quantitative estimate of drug-likeness (QED) is 0.205. The lowest BCUT2D eigenvalue weighted by Gasteiger charge is -2.08. The first-order valence-corrected chi connectivity index (χ1v) is 10.3. The van der Waals surface area contributed by atoms with Gasteiger partial charge in [-0.3, -0.25) is 4.79 Å². The number of halogens is 2. The summed E-state index contributed by atoms with van der Waals surface area (Å²) < 4.78 is 12.2. The predicted octanol–water partition coefficient (Wildman–Crippen LogP) is 5.20. The summed E-state index contributed by atoms with van der Waals surface area (Å²) >= 11 is 6.70. The van der Waals surface area contributed by atoms with E-state index in [0.29, 0.717) is 28.2 Å². The molecule has 1 amide bonds. The van der Waals surface area contributed by atoms with E-state index >= 15 is 0 Å². The molecule has 0 unspecified atom stereocenters. The molecular formula is C22H16Br2N2O4. The molecule has 0 heterocycles. The van der Waals surface area contributed by atoms with Crippen molar-refractivity contribution in [2.75, 3.05) is 7.11 Å². The number of hydrogen-bond acceptors (Lipinski definition) is 5. The van der Waals surface area contributed by atoms with E-state index in [1.807, 2.05) is 6.07 Å². The number of rotatable bonds is 6. The monoisotopic (exact) mass is 530 g/mol. The number of esters is 1. The molecule has 0 aliphatic carbocycles. The van der Waals surface area contributed by atoms with Gasteiger partial charge in [-0.05, 0) is 60.7 Å². The van der Waals surface area contributed by atoms with E-state index in [4.69, 9.17) is 9.47 Å². The molecule has 0 bridgehead atoms. The van der Waals surface area contributed by atoms with Crippen LogP contribution >= 0.6 is 31.9 Å². The van der Waals surface area contributed by atoms with Gasteiger partial charge in [0, 0.05) is 20.1 Å². The summed E-state index contributed by atoms with van der Waals surface area (Å²) in [7, 11) is 1.55. The third-order valence-electron chi connectivity index (χ3n) is 3.96. The van der Waals surface area contributed by atoms with Crippen LogP contribution in [0.15, 0.2) is 80.8 Å². The number of carbonyl (C=O) groups is 2. The number of carbonyl (C=O) groups excluding carboxylic acids is 2. The zero-order chi connectivity index (χ0) is 21.5. The third kappa shape index (κ3) is 5.77. The summed E-state index contributed by atoms with van der Waals surface area (Å²) in [5.41, 5.74) is 3.81. The number of nitrogens with zero attached hydrogens (tertiary/aromatic N) is 1. The molecule has 152 valence electrons. The van der Waals surface area contributed by atoms with Gasteiger partial charge in [0.1, 0.15) is 11.5 Å². The van der Waals surface area contributed by atoms with Gasteiger partial charge in [-0.15, -0.1) is 0 Å². The number of hydrogen-bond donors (Lipinski definition) is 1. The molecule has 0 spiro atoms. The molecule has 6 nitrogen and oxygen atoms in total. The van der Waals surface area contributed by atoms with Crippen LogP contribution in [0.4, 0.5) is 0 Å². The second kappa shape index (κ2) is 10.2. The summed E-state index contributed by atoms with van der Waals surface area (Å²) in [5.74, 6) is 0.0656. The van der Waals surface area contributed by atoms with Crippen molar-refractivity contribution in [2.24, 2.45) is 5.10 Å².